The van der Waals surface area contributed by atoms with E-state index < -0.39 is 10.0 Å². The molecule has 1 fully saturated rings. The van der Waals surface area contributed by atoms with Crippen LogP contribution in [0.3, 0.4) is 0 Å². The Morgan fingerprint density at radius 1 is 1.10 bits per heavy atom. The van der Waals surface area contributed by atoms with Gasteiger partial charge in [-0.25, -0.2) is 8.42 Å². The molecule has 2 N–H and O–H groups in total. The van der Waals surface area contributed by atoms with Gasteiger partial charge in [0, 0.05) is 23.2 Å². The monoisotopic (exact) mass is 360 g/mol. The molecule has 0 aliphatic carbocycles. The van der Waals surface area contributed by atoms with Crippen molar-refractivity contribution in [3.8, 4) is 0 Å². The Morgan fingerprint density at radius 2 is 1.65 bits per heavy atom. The molecular formula is C14H21BrN2O2S. The average molecular weight is 361 g/mol. The molecule has 112 valence electrons. The summed E-state index contributed by atoms with van der Waals surface area (Å²) in [6, 6.07) is 3.33. The molecule has 1 aliphatic heterocycles. The van der Waals surface area contributed by atoms with Crippen molar-refractivity contribution in [2.75, 3.05) is 18.8 Å². The summed E-state index contributed by atoms with van der Waals surface area (Å²) < 4.78 is 27.9. The highest BCUT2D eigenvalue weighted by atomic mass is 79.9. The van der Waals surface area contributed by atoms with Gasteiger partial charge in [-0.3, -0.25) is 0 Å². The fourth-order valence-corrected chi connectivity index (χ4v) is 4.76. The molecule has 4 nitrogen and oxygen atoms in total. The minimum absolute atomic E-state index is 0.332. The van der Waals surface area contributed by atoms with Crippen molar-refractivity contribution in [2.45, 2.75) is 43.9 Å². The second-order valence-corrected chi connectivity index (χ2v) is 8.07. The van der Waals surface area contributed by atoms with Crippen molar-refractivity contribution >= 4 is 31.6 Å². The zero-order chi connectivity index (χ0) is 14.8. The molecule has 0 aromatic heterocycles. The molecule has 0 unspecified atom stereocenters. The summed E-state index contributed by atoms with van der Waals surface area (Å²) >= 11 is 3.33. The van der Waals surface area contributed by atoms with Gasteiger partial charge in [-0.05, 0) is 53.4 Å². The summed E-state index contributed by atoms with van der Waals surface area (Å²) in [5, 5.41) is 0. The third-order valence-electron chi connectivity index (χ3n) is 3.73. The lowest BCUT2D eigenvalue weighted by Crippen LogP contribution is -2.34. The summed E-state index contributed by atoms with van der Waals surface area (Å²) in [5.74, 6) is 0. The number of aryl methyl sites for hydroxylation is 1. The van der Waals surface area contributed by atoms with Crippen LogP contribution in [0, 0.1) is 6.92 Å². The van der Waals surface area contributed by atoms with Crippen LogP contribution < -0.4 is 5.73 Å². The van der Waals surface area contributed by atoms with Crippen LogP contribution in [0.25, 0.3) is 0 Å². The number of halogens is 1. The Morgan fingerprint density at radius 3 is 2.25 bits per heavy atom. The molecule has 1 aromatic carbocycles. The number of sulfonamides is 1. The molecule has 2 rings (SSSR count). The highest BCUT2D eigenvalue weighted by molar-refractivity contribution is 9.10. The number of anilines is 1. The Labute approximate surface area is 129 Å². The van der Waals surface area contributed by atoms with E-state index in [0.29, 0.717) is 23.7 Å². The van der Waals surface area contributed by atoms with Crippen LogP contribution in [0.5, 0.6) is 0 Å². The van der Waals surface area contributed by atoms with E-state index in [1.807, 2.05) is 0 Å². The normalized spacial score (nSPS) is 18.5. The fourth-order valence-electron chi connectivity index (χ4n) is 2.54. The first kappa shape index (κ1) is 15.8. The number of hydrogen-bond acceptors (Lipinski definition) is 3. The quantitative estimate of drug-likeness (QED) is 0.822. The van der Waals surface area contributed by atoms with Gasteiger partial charge < -0.3 is 5.73 Å². The van der Waals surface area contributed by atoms with Gasteiger partial charge in [0.05, 0.1) is 4.90 Å². The van der Waals surface area contributed by atoms with Gasteiger partial charge in [-0.15, -0.1) is 0 Å². The molecule has 1 aromatic rings. The van der Waals surface area contributed by atoms with Crippen LogP contribution in [0.1, 0.15) is 37.7 Å². The van der Waals surface area contributed by atoms with Crippen molar-refractivity contribution in [2.24, 2.45) is 0 Å². The van der Waals surface area contributed by atoms with Gasteiger partial charge in [0.25, 0.3) is 0 Å². The van der Waals surface area contributed by atoms with Crippen LogP contribution in [0.4, 0.5) is 5.69 Å². The highest BCUT2D eigenvalue weighted by Crippen LogP contribution is 2.29. The first-order valence-corrected chi connectivity index (χ1v) is 9.22. The Hall–Kier alpha value is -0.590. The number of benzene rings is 1. The van der Waals surface area contributed by atoms with E-state index >= 15 is 0 Å². The lowest BCUT2D eigenvalue weighted by atomic mass is 10.1. The van der Waals surface area contributed by atoms with Crippen molar-refractivity contribution in [3.05, 3.63) is 22.2 Å². The van der Waals surface area contributed by atoms with Crippen molar-refractivity contribution in [1.29, 1.82) is 0 Å². The van der Waals surface area contributed by atoms with E-state index in [0.717, 1.165) is 35.7 Å². The molecule has 1 saturated heterocycles. The number of nitrogens with two attached hydrogens (primary N) is 1. The maximum Gasteiger partial charge on any atom is 0.243 e. The predicted molar refractivity (Wildman–Crippen MR) is 85.1 cm³/mol. The first-order valence-electron chi connectivity index (χ1n) is 6.98. The van der Waals surface area contributed by atoms with E-state index in [-0.39, 0.29) is 0 Å². The SMILES string of the molecule is Cc1cc(Br)c(N)cc1S(=O)(=O)N1CCCCCCC1. The van der Waals surface area contributed by atoms with Gasteiger partial charge in [0.1, 0.15) is 0 Å². The van der Waals surface area contributed by atoms with Crippen LogP contribution in [-0.2, 0) is 10.0 Å². The first-order chi connectivity index (χ1) is 9.43. The van der Waals surface area contributed by atoms with Crippen molar-refractivity contribution < 1.29 is 8.42 Å². The number of nitrogens with zero attached hydrogens (tertiary/aromatic N) is 1. The van der Waals surface area contributed by atoms with Crippen LogP contribution in [-0.4, -0.2) is 25.8 Å². The molecule has 0 saturated carbocycles. The molecule has 0 atom stereocenters. The van der Waals surface area contributed by atoms with Crippen LogP contribution in [0.2, 0.25) is 0 Å². The van der Waals surface area contributed by atoms with E-state index in [9.17, 15) is 8.42 Å². The molecule has 1 heterocycles. The molecule has 1 aliphatic rings. The standard InChI is InChI=1S/C14H21BrN2O2S/c1-11-9-12(15)13(16)10-14(11)20(18,19)17-7-5-3-2-4-6-8-17/h9-10H,2-8,16H2,1H3. The van der Waals surface area contributed by atoms with Gasteiger partial charge in [-0.1, -0.05) is 19.3 Å². The highest BCUT2D eigenvalue weighted by Gasteiger charge is 2.26. The Kier molecular flexibility index (Phi) is 5.09. The average Bonchev–Trinajstić information content (AvgIpc) is 2.32. The lowest BCUT2D eigenvalue weighted by molar-refractivity contribution is 0.364. The molecule has 0 bridgehead atoms. The van der Waals surface area contributed by atoms with Crippen molar-refractivity contribution in [3.63, 3.8) is 0 Å². The summed E-state index contributed by atoms with van der Waals surface area (Å²) in [4.78, 5) is 0.332. The van der Waals surface area contributed by atoms with Crippen LogP contribution in [0.15, 0.2) is 21.5 Å². The summed E-state index contributed by atoms with van der Waals surface area (Å²) in [5.41, 5.74) is 7.03. The third kappa shape index (κ3) is 3.35. The molecule has 0 spiro atoms. The maximum atomic E-state index is 12.8. The molecule has 0 radical (unpaired) electrons. The maximum absolute atomic E-state index is 12.8. The van der Waals surface area contributed by atoms with Crippen molar-refractivity contribution in [1.82, 2.24) is 4.31 Å². The summed E-state index contributed by atoms with van der Waals surface area (Å²) in [6.45, 7) is 3.02. The Balaban J connectivity index is 2.35. The van der Waals surface area contributed by atoms with Gasteiger partial charge in [0.15, 0.2) is 0 Å². The number of hydrogen-bond donors (Lipinski definition) is 1. The minimum Gasteiger partial charge on any atom is -0.398 e. The van der Waals surface area contributed by atoms with E-state index in [1.165, 1.54) is 6.42 Å². The zero-order valence-electron chi connectivity index (χ0n) is 11.7. The molecule has 6 heteroatoms. The minimum atomic E-state index is -3.44. The van der Waals surface area contributed by atoms with Gasteiger partial charge in [0.2, 0.25) is 10.0 Å². The fraction of sp³-hybridized carbons (Fsp3) is 0.571. The smallest absolute Gasteiger partial charge is 0.243 e. The van der Waals surface area contributed by atoms with E-state index in [4.69, 9.17) is 5.73 Å². The van der Waals surface area contributed by atoms with Gasteiger partial charge in [-0.2, -0.15) is 4.31 Å². The predicted octanol–water partition coefficient (Wildman–Crippen LogP) is 3.29. The number of nitrogen functional groups attached to an aromatic ring is 1. The summed E-state index contributed by atoms with van der Waals surface area (Å²) in [6.07, 6.45) is 5.29. The van der Waals surface area contributed by atoms with Gasteiger partial charge >= 0.3 is 0 Å². The second-order valence-electron chi connectivity index (χ2n) is 5.31. The number of rotatable bonds is 2. The van der Waals surface area contributed by atoms with E-state index in [2.05, 4.69) is 15.9 Å². The third-order valence-corrected chi connectivity index (χ3v) is 6.45. The summed E-state index contributed by atoms with van der Waals surface area (Å²) in [7, 11) is -3.44. The van der Waals surface area contributed by atoms with Crippen LogP contribution >= 0.6 is 15.9 Å². The molecular weight excluding hydrogens is 340 g/mol. The molecule has 20 heavy (non-hydrogen) atoms. The Bertz CT molecular complexity index is 579. The second kappa shape index (κ2) is 6.45. The van der Waals surface area contributed by atoms with E-state index in [1.54, 1.807) is 23.4 Å². The zero-order valence-corrected chi connectivity index (χ0v) is 14.1. The molecule has 0 amide bonds. The largest absolute Gasteiger partial charge is 0.398 e. The lowest BCUT2D eigenvalue weighted by Gasteiger charge is -2.25. The topological polar surface area (TPSA) is 63.4 Å².